The van der Waals surface area contributed by atoms with E-state index >= 15 is 0 Å². The smallest absolute Gasteiger partial charge is 0.274 e. The van der Waals surface area contributed by atoms with Crippen LogP contribution in [-0.4, -0.2) is 23.4 Å². The van der Waals surface area contributed by atoms with Gasteiger partial charge in [-0.15, -0.1) is 0 Å². The average Bonchev–Trinajstić information content (AvgIpc) is 2.30. The third-order valence-corrected chi connectivity index (χ3v) is 3.22. The van der Waals surface area contributed by atoms with Gasteiger partial charge < -0.3 is 4.90 Å². The van der Waals surface area contributed by atoms with Crippen molar-refractivity contribution in [3.63, 3.8) is 0 Å². The second kappa shape index (κ2) is 3.07. The number of rotatable bonds is 0. The summed E-state index contributed by atoms with van der Waals surface area (Å²) >= 11 is 0. The first-order valence-electron chi connectivity index (χ1n) is 5.38. The molecule has 1 aliphatic heterocycles. The Kier molecular flexibility index (Phi) is 1.80. The van der Waals surface area contributed by atoms with E-state index in [1.54, 1.807) is 7.05 Å². The molecule has 0 bridgehead atoms. The molecule has 0 saturated heterocycles. The summed E-state index contributed by atoms with van der Waals surface area (Å²) < 4.78 is 1.44. The van der Waals surface area contributed by atoms with E-state index in [9.17, 15) is 4.79 Å². The fourth-order valence-electron chi connectivity index (χ4n) is 2.36. The van der Waals surface area contributed by atoms with Gasteiger partial charge in [0.25, 0.3) is 5.56 Å². The Morgan fingerprint density at radius 3 is 2.94 bits per heavy atom. The van der Waals surface area contributed by atoms with Crippen molar-refractivity contribution in [2.75, 3.05) is 18.5 Å². The van der Waals surface area contributed by atoms with Crippen LogP contribution in [0.3, 0.4) is 0 Å². The highest BCUT2D eigenvalue weighted by molar-refractivity contribution is 5.96. The van der Waals surface area contributed by atoms with Gasteiger partial charge in [-0.1, -0.05) is 6.07 Å². The Morgan fingerprint density at radius 2 is 2.12 bits per heavy atom. The summed E-state index contributed by atoms with van der Waals surface area (Å²) in [5.41, 5.74) is 2.13. The lowest BCUT2D eigenvalue weighted by atomic mass is 10.0. The molecule has 2 heterocycles. The Morgan fingerprint density at radius 1 is 1.31 bits per heavy atom. The number of nitrogens with zero attached hydrogens (tertiary/aromatic N) is 3. The summed E-state index contributed by atoms with van der Waals surface area (Å²) in [5.74, 6) is 0. The molecule has 0 fully saturated rings. The van der Waals surface area contributed by atoms with Crippen molar-refractivity contribution >= 4 is 16.5 Å². The Bertz CT molecular complexity index is 630. The Hall–Kier alpha value is -1.84. The highest BCUT2D eigenvalue weighted by Crippen LogP contribution is 2.30. The van der Waals surface area contributed by atoms with Crippen LogP contribution < -0.4 is 10.5 Å². The van der Waals surface area contributed by atoms with Crippen molar-refractivity contribution in [1.29, 1.82) is 0 Å². The highest BCUT2D eigenvalue weighted by Gasteiger charge is 2.19. The molecular formula is C12H13N3O. The first kappa shape index (κ1) is 9.39. The third-order valence-electron chi connectivity index (χ3n) is 3.22. The van der Waals surface area contributed by atoms with E-state index in [0.29, 0.717) is 0 Å². The van der Waals surface area contributed by atoms with Gasteiger partial charge in [0.15, 0.2) is 0 Å². The standard InChI is InChI=1S/C12H13N3O/c1-14-7-6-9-11-8(4-3-5-10(11)14)12(16)15(2)13-9/h3-5H,6-7H2,1-2H3. The van der Waals surface area contributed by atoms with Crippen molar-refractivity contribution in [3.8, 4) is 0 Å². The predicted octanol–water partition coefficient (Wildman–Crippen LogP) is 0.926. The largest absolute Gasteiger partial charge is 0.374 e. The molecule has 16 heavy (non-hydrogen) atoms. The van der Waals surface area contributed by atoms with Gasteiger partial charge in [-0.2, -0.15) is 5.10 Å². The van der Waals surface area contributed by atoms with Gasteiger partial charge in [-0.05, 0) is 12.1 Å². The lowest BCUT2D eigenvalue weighted by molar-refractivity contribution is 0.679. The number of benzene rings is 1. The quantitative estimate of drug-likeness (QED) is 0.656. The Labute approximate surface area is 93.1 Å². The van der Waals surface area contributed by atoms with E-state index < -0.39 is 0 Å². The molecule has 2 aromatic rings. The van der Waals surface area contributed by atoms with Crippen LogP contribution in [-0.2, 0) is 13.5 Å². The van der Waals surface area contributed by atoms with Gasteiger partial charge in [0.05, 0.1) is 11.1 Å². The van der Waals surface area contributed by atoms with Crippen LogP contribution >= 0.6 is 0 Å². The fraction of sp³-hybridized carbons (Fsp3) is 0.333. The van der Waals surface area contributed by atoms with E-state index in [4.69, 9.17) is 0 Å². The molecule has 0 saturated carbocycles. The second-order valence-corrected chi connectivity index (χ2v) is 4.25. The molecule has 0 amide bonds. The second-order valence-electron chi connectivity index (χ2n) is 4.25. The SMILES string of the molecule is CN1CCc2nn(C)c(=O)c3cccc1c23. The summed E-state index contributed by atoms with van der Waals surface area (Å²) in [5, 5.41) is 6.15. The lowest BCUT2D eigenvalue weighted by Crippen LogP contribution is -2.29. The maximum Gasteiger partial charge on any atom is 0.274 e. The van der Waals surface area contributed by atoms with E-state index in [1.807, 2.05) is 18.2 Å². The number of aromatic nitrogens is 2. The maximum atomic E-state index is 12.0. The van der Waals surface area contributed by atoms with E-state index in [0.717, 1.165) is 35.1 Å². The van der Waals surface area contributed by atoms with Crippen LogP contribution in [0.5, 0.6) is 0 Å². The maximum absolute atomic E-state index is 12.0. The Balaban J connectivity index is 2.54. The molecule has 0 spiro atoms. The van der Waals surface area contributed by atoms with Gasteiger partial charge in [0, 0.05) is 38.1 Å². The minimum Gasteiger partial charge on any atom is -0.374 e. The number of aryl methyl sites for hydroxylation is 1. The summed E-state index contributed by atoms with van der Waals surface area (Å²) in [4.78, 5) is 14.1. The molecule has 0 atom stereocenters. The molecular weight excluding hydrogens is 202 g/mol. The van der Waals surface area contributed by atoms with Crippen molar-refractivity contribution in [3.05, 3.63) is 34.2 Å². The van der Waals surface area contributed by atoms with E-state index in [2.05, 4.69) is 17.0 Å². The minimum absolute atomic E-state index is 0.0177. The predicted molar refractivity (Wildman–Crippen MR) is 64.0 cm³/mol. The molecule has 4 nitrogen and oxygen atoms in total. The number of hydrogen-bond donors (Lipinski definition) is 0. The van der Waals surface area contributed by atoms with Crippen LogP contribution in [0.1, 0.15) is 5.69 Å². The normalized spacial score (nSPS) is 14.5. The van der Waals surface area contributed by atoms with Crippen LogP contribution in [0.4, 0.5) is 5.69 Å². The van der Waals surface area contributed by atoms with Gasteiger partial charge >= 0.3 is 0 Å². The highest BCUT2D eigenvalue weighted by atomic mass is 16.1. The van der Waals surface area contributed by atoms with E-state index in [-0.39, 0.29) is 5.56 Å². The molecule has 4 heteroatoms. The monoisotopic (exact) mass is 215 g/mol. The molecule has 82 valence electrons. The minimum atomic E-state index is -0.0177. The zero-order valence-corrected chi connectivity index (χ0v) is 9.40. The summed E-state index contributed by atoms with van der Waals surface area (Å²) in [6.45, 7) is 0.956. The first-order valence-corrected chi connectivity index (χ1v) is 5.38. The molecule has 0 radical (unpaired) electrons. The van der Waals surface area contributed by atoms with Crippen LogP contribution in [0.25, 0.3) is 10.8 Å². The number of anilines is 1. The molecule has 1 aromatic carbocycles. The summed E-state index contributed by atoms with van der Waals surface area (Å²) in [7, 11) is 3.76. The van der Waals surface area contributed by atoms with Crippen LogP contribution in [0.15, 0.2) is 23.0 Å². The van der Waals surface area contributed by atoms with E-state index in [1.165, 1.54) is 4.68 Å². The third kappa shape index (κ3) is 1.10. The molecule has 3 rings (SSSR count). The van der Waals surface area contributed by atoms with Crippen LogP contribution in [0.2, 0.25) is 0 Å². The van der Waals surface area contributed by atoms with Gasteiger partial charge in [0.1, 0.15) is 0 Å². The molecule has 0 aliphatic carbocycles. The molecule has 0 N–H and O–H groups in total. The zero-order chi connectivity index (χ0) is 11.3. The topological polar surface area (TPSA) is 38.1 Å². The lowest BCUT2D eigenvalue weighted by Gasteiger charge is -2.26. The van der Waals surface area contributed by atoms with Gasteiger partial charge in [-0.3, -0.25) is 4.79 Å². The molecule has 0 unspecified atom stereocenters. The van der Waals surface area contributed by atoms with Gasteiger partial charge in [0.2, 0.25) is 0 Å². The molecule has 1 aromatic heterocycles. The summed E-state index contributed by atoms with van der Waals surface area (Å²) in [6.07, 6.45) is 0.901. The number of hydrogen-bond acceptors (Lipinski definition) is 3. The van der Waals surface area contributed by atoms with Gasteiger partial charge in [-0.25, -0.2) is 4.68 Å². The summed E-state index contributed by atoms with van der Waals surface area (Å²) in [6, 6.07) is 5.86. The average molecular weight is 215 g/mol. The van der Waals surface area contributed by atoms with Crippen molar-refractivity contribution < 1.29 is 0 Å². The van der Waals surface area contributed by atoms with Crippen LogP contribution in [0, 0.1) is 0 Å². The van der Waals surface area contributed by atoms with Crippen molar-refractivity contribution in [1.82, 2.24) is 9.78 Å². The first-order chi connectivity index (χ1) is 7.68. The number of likely N-dealkylation sites (N-methyl/N-ethyl adjacent to an activating group) is 1. The zero-order valence-electron chi connectivity index (χ0n) is 9.40. The fourth-order valence-corrected chi connectivity index (χ4v) is 2.36. The van der Waals surface area contributed by atoms with Crippen molar-refractivity contribution in [2.45, 2.75) is 6.42 Å². The molecule has 1 aliphatic rings. The van der Waals surface area contributed by atoms with Crippen molar-refractivity contribution in [2.24, 2.45) is 7.05 Å².